The number of halogens is 3. The molecule has 9 heteroatoms. The summed E-state index contributed by atoms with van der Waals surface area (Å²) in [4.78, 5) is 13.6. The monoisotopic (exact) mass is 503 g/mol. The highest BCUT2D eigenvalue weighted by molar-refractivity contribution is 5.45. The first kappa shape index (κ1) is 25.4. The Kier molecular flexibility index (Phi) is 6.76. The van der Waals surface area contributed by atoms with Crippen LogP contribution in [0.2, 0.25) is 0 Å². The van der Waals surface area contributed by atoms with Gasteiger partial charge in [0.05, 0.1) is 18.1 Å². The molecular weight excluding hydrogens is 467 g/mol. The van der Waals surface area contributed by atoms with E-state index in [0.717, 1.165) is 51.6 Å². The maximum Gasteiger partial charge on any atom is 0.451 e. The lowest BCUT2D eigenvalue weighted by Gasteiger charge is -2.52. The van der Waals surface area contributed by atoms with Crippen LogP contribution < -0.4 is 4.90 Å². The highest BCUT2D eigenvalue weighted by Crippen LogP contribution is 2.51. The van der Waals surface area contributed by atoms with Crippen molar-refractivity contribution in [3.63, 3.8) is 0 Å². The fourth-order valence-electron chi connectivity index (χ4n) is 6.50. The average molecular weight is 504 g/mol. The first-order valence-electron chi connectivity index (χ1n) is 13.1. The normalized spacial score (nSPS) is 29.8. The molecule has 1 aliphatic heterocycles. The molecule has 1 aromatic carbocycles. The van der Waals surface area contributed by atoms with Gasteiger partial charge < -0.3 is 10.0 Å². The van der Waals surface area contributed by atoms with Crippen molar-refractivity contribution >= 4 is 5.69 Å². The first-order chi connectivity index (χ1) is 17.2. The summed E-state index contributed by atoms with van der Waals surface area (Å²) < 4.78 is 39.1. The third-order valence-corrected chi connectivity index (χ3v) is 9.06. The van der Waals surface area contributed by atoms with Crippen LogP contribution in [0, 0.1) is 5.92 Å². The predicted octanol–water partition coefficient (Wildman–Crippen LogP) is 4.85. The number of nitrogens with zero attached hydrogens (tertiary/aromatic N) is 5. The molecule has 196 valence electrons. The van der Waals surface area contributed by atoms with E-state index in [1.165, 1.54) is 24.4 Å². The summed E-state index contributed by atoms with van der Waals surface area (Å²) in [6.07, 6.45) is 4.14. The molecule has 1 spiro atoms. The van der Waals surface area contributed by atoms with Crippen molar-refractivity contribution in [2.45, 2.75) is 75.5 Å². The van der Waals surface area contributed by atoms with Gasteiger partial charge in [-0.3, -0.25) is 9.80 Å². The number of benzene rings is 1. The van der Waals surface area contributed by atoms with E-state index >= 15 is 0 Å². The Morgan fingerprint density at radius 2 is 1.69 bits per heavy atom. The van der Waals surface area contributed by atoms with Crippen molar-refractivity contribution in [2.75, 3.05) is 31.6 Å². The Morgan fingerprint density at radius 3 is 2.22 bits per heavy atom. The second-order valence-electron chi connectivity index (χ2n) is 10.8. The Bertz CT molecular complexity index is 1020. The van der Waals surface area contributed by atoms with Gasteiger partial charge in [-0.1, -0.05) is 43.7 Å². The van der Waals surface area contributed by atoms with Gasteiger partial charge in [0.15, 0.2) is 6.35 Å². The lowest BCUT2D eigenvalue weighted by Crippen LogP contribution is -2.57. The van der Waals surface area contributed by atoms with E-state index in [4.69, 9.17) is 0 Å². The number of hydrogen-bond donors (Lipinski definition) is 1. The number of anilines is 1. The molecule has 1 N–H and O–H groups in total. The minimum atomic E-state index is -4.59. The maximum absolute atomic E-state index is 13.0. The van der Waals surface area contributed by atoms with E-state index in [1.54, 1.807) is 4.90 Å². The lowest BCUT2D eigenvalue weighted by atomic mass is 9.68. The van der Waals surface area contributed by atoms with Gasteiger partial charge in [0, 0.05) is 24.2 Å². The quantitative estimate of drug-likeness (QED) is 0.608. The van der Waals surface area contributed by atoms with Gasteiger partial charge in [0.1, 0.15) is 0 Å². The summed E-state index contributed by atoms with van der Waals surface area (Å²) >= 11 is 0. The molecule has 3 fully saturated rings. The standard InChI is InChI=1S/C27H36F3N5O/c1-3-33(2)26(21-10-5-4-6-11-21)14-12-25(13-15-26)19-34(24(36)35(25)18-20-8-7-9-20)22-16-31-23(32-17-22)27(28,29)30/h4-6,10-11,16-17,20,24,36H,3,7-9,12-15,18-19H2,1-2H3/t24?,25-,26+. The summed E-state index contributed by atoms with van der Waals surface area (Å²) in [5, 5.41) is 11.5. The third-order valence-electron chi connectivity index (χ3n) is 9.06. The van der Waals surface area contributed by atoms with Gasteiger partial charge in [-0.2, -0.15) is 13.2 Å². The molecule has 0 amide bonds. The van der Waals surface area contributed by atoms with Crippen LogP contribution in [0.25, 0.3) is 0 Å². The molecule has 3 aliphatic rings. The van der Waals surface area contributed by atoms with Gasteiger partial charge in [-0.05, 0) is 63.6 Å². The van der Waals surface area contributed by atoms with Gasteiger partial charge in [-0.15, -0.1) is 0 Å². The molecular formula is C27H36F3N5O. The average Bonchev–Trinajstić information content (AvgIpc) is 3.12. The molecule has 2 heterocycles. The second-order valence-corrected chi connectivity index (χ2v) is 10.8. The zero-order chi connectivity index (χ0) is 25.6. The van der Waals surface area contributed by atoms with Crippen molar-refractivity contribution < 1.29 is 18.3 Å². The van der Waals surface area contributed by atoms with Crippen molar-refractivity contribution in [2.24, 2.45) is 5.92 Å². The molecule has 0 radical (unpaired) electrons. The van der Waals surface area contributed by atoms with Crippen LogP contribution in [0.5, 0.6) is 0 Å². The Balaban J connectivity index is 1.43. The van der Waals surface area contributed by atoms with Crippen LogP contribution in [0.3, 0.4) is 0 Å². The van der Waals surface area contributed by atoms with Crippen LogP contribution in [-0.2, 0) is 11.7 Å². The van der Waals surface area contributed by atoms with E-state index in [1.807, 2.05) is 6.07 Å². The molecule has 1 atom stereocenters. The van der Waals surface area contributed by atoms with E-state index in [9.17, 15) is 18.3 Å². The van der Waals surface area contributed by atoms with Crippen LogP contribution >= 0.6 is 0 Å². The minimum absolute atomic E-state index is 0.0702. The van der Waals surface area contributed by atoms with Crippen LogP contribution in [0.1, 0.15) is 63.3 Å². The summed E-state index contributed by atoms with van der Waals surface area (Å²) in [7, 11) is 2.19. The van der Waals surface area contributed by atoms with Crippen LogP contribution in [0.4, 0.5) is 18.9 Å². The fourth-order valence-corrected chi connectivity index (χ4v) is 6.50. The van der Waals surface area contributed by atoms with Gasteiger partial charge in [0.25, 0.3) is 0 Å². The molecule has 2 aliphatic carbocycles. The van der Waals surface area contributed by atoms with E-state index in [0.29, 0.717) is 18.2 Å². The zero-order valence-corrected chi connectivity index (χ0v) is 21.1. The van der Waals surface area contributed by atoms with Crippen molar-refractivity contribution in [1.29, 1.82) is 0 Å². The molecule has 2 saturated carbocycles. The summed E-state index contributed by atoms with van der Waals surface area (Å²) in [5.41, 5.74) is 1.43. The Morgan fingerprint density at radius 1 is 1.06 bits per heavy atom. The fraction of sp³-hybridized carbons (Fsp3) is 0.630. The smallest absolute Gasteiger partial charge is 0.361 e. The molecule has 0 bridgehead atoms. The highest BCUT2D eigenvalue weighted by atomic mass is 19.4. The first-order valence-corrected chi connectivity index (χ1v) is 13.1. The Hall–Kier alpha value is -2.23. The van der Waals surface area contributed by atoms with E-state index in [-0.39, 0.29) is 11.1 Å². The predicted molar refractivity (Wildman–Crippen MR) is 132 cm³/mol. The van der Waals surface area contributed by atoms with Crippen molar-refractivity contribution in [3.05, 3.63) is 54.1 Å². The topological polar surface area (TPSA) is 55.7 Å². The van der Waals surface area contributed by atoms with Crippen molar-refractivity contribution in [3.8, 4) is 0 Å². The van der Waals surface area contributed by atoms with E-state index in [2.05, 4.69) is 58.0 Å². The summed E-state index contributed by atoms with van der Waals surface area (Å²) in [5.74, 6) is -0.603. The van der Waals surface area contributed by atoms with Crippen LogP contribution in [0.15, 0.2) is 42.7 Å². The maximum atomic E-state index is 13.0. The number of rotatable bonds is 6. The van der Waals surface area contributed by atoms with E-state index < -0.39 is 18.4 Å². The van der Waals surface area contributed by atoms with Gasteiger partial charge in [0.2, 0.25) is 5.82 Å². The molecule has 1 saturated heterocycles. The minimum Gasteiger partial charge on any atom is -0.361 e. The second kappa shape index (κ2) is 9.58. The zero-order valence-electron chi connectivity index (χ0n) is 21.1. The molecule has 1 aromatic heterocycles. The lowest BCUT2D eigenvalue weighted by molar-refractivity contribution is -0.145. The van der Waals surface area contributed by atoms with Gasteiger partial charge >= 0.3 is 6.18 Å². The number of aromatic nitrogens is 2. The molecule has 2 aromatic rings. The molecule has 6 nitrogen and oxygen atoms in total. The van der Waals surface area contributed by atoms with Gasteiger partial charge in [-0.25, -0.2) is 9.97 Å². The third kappa shape index (κ3) is 4.39. The molecule has 1 unspecified atom stereocenters. The summed E-state index contributed by atoms with van der Waals surface area (Å²) in [6.45, 7) is 4.48. The number of alkyl halides is 3. The molecule has 5 rings (SSSR count). The number of aliphatic hydroxyl groups is 1. The number of hydrogen-bond acceptors (Lipinski definition) is 6. The van der Waals surface area contributed by atoms with Crippen LogP contribution in [-0.4, -0.2) is 63.4 Å². The highest BCUT2D eigenvalue weighted by Gasteiger charge is 2.55. The largest absolute Gasteiger partial charge is 0.451 e. The summed E-state index contributed by atoms with van der Waals surface area (Å²) in [6, 6.07) is 10.7. The molecule has 36 heavy (non-hydrogen) atoms. The SMILES string of the molecule is CCN(C)[C@]1(c2ccccc2)CC[C@]2(CC1)CN(c1cnc(C(F)(F)F)nc1)C(O)N2CC1CCC1. The Labute approximate surface area is 211 Å². The van der Waals surface area contributed by atoms with Crippen molar-refractivity contribution in [1.82, 2.24) is 19.8 Å². The number of aliphatic hydroxyl groups excluding tert-OH is 1.